The lowest BCUT2D eigenvalue weighted by molar-refractivity contribution is 0.0690. The maximum atomic E-state index is 13.4. The lowest BCUT2D eigenvalue weighted by Gasteiger charge is -2.31. The van der Waals surface area contributed by atoms with Crippen molar-refractivity contribution in [1.82, 2.24) is 19.3 Å². The second-order valence-corrected chi connectivity index (χ2v) is 9.05. The average Bonchev–Trinajstić information content (AvgIpc) is 3.38. The number of carbonyl (C=O) groups is 1. The molecular weight excluding hydrogens is 447 g/mol. The van der Waals surface area contributed by atoms with E-state index in [1.54, 1.807) is 22.9 Å². The molecule has 0 spiro atoms. The first-order valence-corrected chi connectivity index (χ1v) is 11.4. The van der Waals surface area contributed by atoms with Gasteiger partial charge in [0.05, 0.1) is 22.8 Å². The molecule has 164 valence electrons. The lowest BCUT2D eigenvalue weighted by atomic mass is 9.97. The molecular formula is C24H22Cl2N4O2. The van der Waals surface area contributed by atoms with Crippen LogP contribution in [0.25, 0.3) is 5.65 Å². The SMILES string of the molecule is Cc1nc2ccc(Cl)cn2c1C(=O)N1CCCC(c2ncc(Cc3ccc(Cl)cc3)o2)C1. The molecule has 6 nitrogen and oxygen atoms in total. The number of aryl methyl sites for hydroxylation is 1. The molecule has 3 aromatic heterocycles. The van der Waals surface area contributed by atoms with Gasteiger partial charge in [-0.3, -0.25) is 9.20 Å². The van der Waals surface area contributed by atoms with Gasteiger partial charge >= 0.3 is 0 Å². The van der Waals surface area contributed by atoms with Crippen molar-refractivity contribution in [3.8, 4) is 0 Å². The Kier molecular flexibility index (Phi) is 5.66. The first kappa shape index (κ1) is 21.0. The summed E-state index contributed by atoms with van der Waals surface area (Å²) in [4.78, 5) is 24.3. The Labute approximate surface area is 195 Å². The van der Waals surface area contributed by atoms with Gasteiger partial charge < -0.3 is 9.32 Å². The average molecular weight is 469 g/mol. The molecule has 5 rings (SSSR count). The normalized spacial score (nSPS) is 16.6. The first-order chi connectivity index (χ1) is 15.5. The molecule has 0 radical (unpaired) electrons. The van der Waals surface area contributed by atoms with Gasteiger partial charge in [-0.2, -0.15) is 0 Å². The maximum absolute atomic E-state index is 13.4. The fourth-order valence-electron chi connectivity index (χ4n) is 4.30. The van der Waals surface area contributed by atoms with Crippen LogP contribution < -0.4 is 0 Å². The van der Waals surface area contributed by atoms with E-state index >= 15 is 0 Å². The van der Waals surface area contributed by atoms with E-state index in [0.717, 1.165) is 24.2 Å². The van der Waals surface area contributed by atoms with E-state index in [9.17, 15) is 4.79 Å². The number of amides is 1. The van der Waals surface area contributed by atoms with Crippen LogP contribution in [0.15, 0.2) is 53.2 Å². The minimum absolute atomic E-state index is 0.0464. The summed E-state index contributed by atoms with van der Waals surface area (Å²) in [6, 6.07) is 11.3. The van der Waals surface area contributed by atoms with Crippen molar-refractivity contribution in [2.45, 2.75) is 32.1 Å². The predicted molar refractivity (Wildman–Crippen MR) is 124 cm³/mol. The lowest BCUT2D eigenvalue weighted by Crippen LogP contribution is -2.40. The van der Waals surface area contributed by atoms with Crippen LogP contribution in [0.1, 0.15) is 52.2 Å². The summed E-state index contributed by atoms with van der Waals surface area (Å²) in [7, 11) is 0. The monoisotopic (exact) mass is 468 g/mol. The van der Waals surface area contributed by atoms with Gasteiger partial charge in [0.1, 0.15) is 17.1 Å². The van der Waals surface area contributed by atoms with Crippen LogP contribution in [0, 0.1) is 6.92 Å². The van der Waals surface area contributed by atoms with Crippen LogP contribution in [-0.2, 0) is 6.42 Å². The third-order valence-corrected chi connectivity index (χ3v) is 6.36. The van der Waals surface area contributed by atoms with Gasteiger partial charge in [0.2, 0.25) is 0 Å². The summed E-state index contributed by atoms with van der Waals surface area (Å²) in [5, 5.41) is 1.27. The van der Waals surface area contributed by atoms with Crippen molar-refractivity contribution in [2.24, 2.45) is 0 Å². The Morgan fingerprint density at radius 3 is 2.75 bits per heavy atom. The zero-order valence-electron chi connectivity index (χ0n) is 17.6. The predicted octanol–water partition coefficient (Wildman–Crippen LogP) is 5.55. The highest BCUT2D eigenvalue weighted by Crippen LogP contribution is 2.29. The van der Waals surface area contributed by atoms with E-state index in [4.69, 9.17) is 27.6 Å². The first-order valence-electron chi connectivity index (χ1n) is 10.6. The highest BCUT2D eigenvalue weighted by atomic mass is 35.5. The van der Waals surface area contributed by atoms with E-state index in [2.05, 4.69) is 9.97 Å². The van der Waals surface area contributed by atoms with Crippen molar-refractivity contribution in [3.05, 3.63) is 87.4 Å². The molecule has 1 fully saturated rings. The number of rotatable bonds is 4. The van der Waals surface area contributed by atoms with Crippen molar-refractivity contribution >= 4 is 34.8 Å². The minimum atomic E-state index is -0.0464. The number of hydrogen-bond donors (Lipinski definition) is 0. The number of benzene rings is 1. The van der Waals surface area contributed by atoms with Crippen LogP contribution in [-0.4, -0.2) is 38.3 Å². The quantitative estimate of drug-likeness (QED) is 0.393. The molecule has 0 saturated carbocycles. The summed E-state index contributed by atoms with van der Waals surface area (Å²) in [6.07, 6.45) is 6.00. The van der Waals surface area contributed by atoms with Crippen LogP contribution in [0.2, 0.25) is 10.0 Å². The zero-order chi connectivity index (χ0) is 22.2. The molecule has 0 aliphatic carbocycles. The number of likely N-dealkylation sites (tertiary alicyclic amines) is 1. The van der Waals surface area contributed by atoms with Crippen LogP contribution in [0.5, 0.6) is 0 Å². The fourth-order valence-corrected chi connectivity index (χ4v) is 4.59. The molecule has 8 heteroatoms. The molecule has 1 unspecified atom stereocenters. The van der Waals surface area contributed by atoms with Crippen LogP contribution in [0.4, 0.5) is 0 Å². The van der Waals surface area contributed by atoms with E-state index in [1.807, 2.05) is 42.2 Å². The molecule has 1 amide bonds. The van der Waals surface area contributed by atoms with Gasteiger partial charge in [0, 0.05) is 30.7 Å². The second kappa shape index (κ2) is 8.60. The summed E-state index contributed by atoms with van der Waals surface area (Å²) in [5.74, 6) is 1.51. The number of piperidine rings is 1. The van der Waals surface area contributed by atoms with Gasteiger partial charge in [-0.1, -0.05) is 35.3 Å². The Morgan fingerprint density at radius 2 is 1.94 bits per heavy atom. The number of fused-ring (bicyclic) bond motifs is 1. The highest BCUT2D eigenvalue weighted by Gasteiger charge is 2.30. The van der Waals surface area contributed by atoms with Gasteiger partial charge in [-0.15, -0.1) is 0 Å². The largest absolute Gasteiger partial charge is 0.445 e. The number of carbonyl (C=O) groups excluding carboxylic acids is 1. The number of halogens is 2. The highest BCUT2D eigenvalue weighted by molar-refractivity contribution is 6.30. The van der Waals surface area contributed by atoms with Gasteiger partial charge in [-0.05, 0) is 49.6 Å². The third-order valence-electron chi connectivity index (χ3n) is 5.88. The number of imidazole rings is 1. The molecule has 1 aliphatic heterocycles. The Morgan fingerprint density at radius 1 is 1.16 bits per heavy atom. The molecule has 4 heterocycles. The van der Waals surface area contributed by atoms with Gasteiger partial charge in [0.15, 0.2) is 5.89 Å². The number of pyridine rings is 1. The maximum Gasteiger partial charge on any atom is 0.272 e. The third kappa shape index (κ3) is 4.12. The molecule has 1 aliphatic rings. The number of nitrogens with zero attached hydrogens (tertiary/aromatic N) is 4. The van der Waals surface area contributed by atoms with Crippen LogP contribution >= 0.6 is 23.2 Å². The standard InChI is InChI=1S/C24H22Cl2N4O2/c1-15-22(30-14-19(26)8-9-21(30)28-15)24(31)29-10-2-3-17(13-29)23-27-12-20(32-23)11-16-4-6-18(25)7-5-16/h4-9,12,14,17H,2-3,10-11,13H2,1H3. The Balaban J connectivity index is 1.33. The van der Waals surface area contributed by atoms with E-state index < -0.39 is 0 Å². The zero-order valence-corrected chi connectivity index (χ0v) is 19.1. The Hall–Kier alpha value is -2.83. The molecule has 1 atom stereocenters. The summed E-state index contributed by atoms with van der Waals surface area (Å²) in [6.45, 7) is 3.11. The van der Waals surface area contributed by atoms with Gasteiger partial charge in [-0.25, -0.2) is 9.97 Å². The van der Waals surface area contributed by atoms with Crippen molar-refractivity contribution in [3.63, 3.8) is 0 Å². The van der Waals surface area contributed by atoms with E-state index in [1.165, 1.54) is 0 Å². The van der Waals surface area contributed by atoms with Crippen molar-refractivity contribution < 1.29 is 9.21 Å². The molecule has 1 aromatic carbocycles. The van der Waals surface area contributed by atoms with Crippen LogP contribution in [0.3, 0.4) is 0 Å². The molecule has 0 bridgehead atoms. The van der Waals surface area contributed by atoms with Gasteiger partial charge in [0.25, 0.3) is 5.91 Å². The smallest absolute Gasteiger partial charge is 0.272 e. The van der Waals surface area contributed by atoms with E-state index in [-0.39, 0.29) is 11.8 Å². The van der Waals surface area contributed by atoms with E-state index in [0.29, 0.717) is 52.5 Å². The fraction of sp³-hybridized carbons (Fsp3) is 0.292. The summed E-state index contributed by atoms with van der Waals surface area (Å²) >= 11 is 12.1. The molecule has 1 saturated heterocycles. The van der Waals surface area contributed by atoms with Crippen molar-refractivity contribution in [2.75, 3.05) is 13.1 Å². The summed E-state index contributed by atoms with van der Waals surface area (Å²) in [5.41, 5.74) is 3.07. The minimum Gasteiger partial charge on any atom is -0.445 e. The number of oxazole rings is 1. The number of aromatic nitrogens is 3. The Bertz CT molecular complexity index is 1280. The summed E-state index contributed by atoms with van der Waals surface area (Å²) < 4.78 is 7.85. The molecule has 0 N–H and O–H groups in total. The number of hydrogen-bond acceptors (Lipinski definition) is 4. The van der Waals surface area contributed by atoms with Crippen molar-refractivity contribution in [1.29, 1.82) is 0 Å². The second-order valence-electron chi connectivity index (χ2n) is 8.18. The molecule has 4 aromatic rings. The topological polar surface area (TPSA) is 63.6 Å². The molecule has 32 heavy (non-hydrogen) atoms.